The second-order valence-corrected chi connectivity index (χ2v) is 7.94. The molecule has 0 saturated carbocycles. The minimum absolute atomic E-state index is 0.0108. The van der Waals surface area contributed by atoms with Crippen LogP contribution >= 0.6 is 22.9 Å². The number of fused-ring (bicyclic) bond motifs is 1. The Morgan fingerprint density at radius 1 is 1.31 bits per heavy atom. The van der Waals surface area contributed by atoms with Gasteiger partial charge in [-0.1, -0.05) is 17.7 Å². The molecule has 0 bridgehead atoms. The first kappa shape index (κ1) is 17.2. The van der Waals surface area contributed by atoms with Gasteiger partial charge in [-0.2, -0.15) is 0 Å². The highest BCUT2D eigenvalue weighted by Gasteiger charge is 2.25. The predicted molar refractivity (Wildman–Crippen MR) is 105 cm³/mol. The maximum Gasteiger partial charge on any atom is 0.317 e. The van der Waals surface area contributed by atoms with E-state index < -0.39 is 0 Å². The summed E-state index contributed by atoms with van der Waals surface area (Å²) in [5.41, 5.74) is 1.97. The molecule has 0 atom stereocenters. The molecule has 134 valence electrons. The third-order valence-electron chi connectivity index (χ3n) is 4.66. The summed E-state index contributed by atoms with van der Waals surface area (Å²) >= 11 is 7.79. The van der Waals surface area contributed by atoms with Crippen LogP contribution in [-0.4, -0.2) is 34.0 Å². The van der Waals surface area contributed by atoms with Crippen molar-refractivity contribution in [1.82, 2.24) is 20.2 Å². The third-order valence-corrected chi connectivity index (χ3v) is 6.10. The van der Waals surface area contributed by atoms with Crippen LogP contribution in [0.15, 0.2) is 42.7 Å². The zero-order valence-corrected chi connectivity index (χ0v) is 15.8. The number of nitrogens with one attached hydrogen (secondary N) is 1. The number of urea groups is 1. The first-order valence-electron chi connectivity index (χ1n) is 8.67. The maximum absolute atomic E-state index is 12.4. The van der Waals surface area contributed by atoms with Gasteiger partial charge in [-0.3, -0.25) is 4.98 Å². The van der Waals surface area contributed by atoms with E-state index >= 15 is 0 Å². The van der Waals surface area contributed by atoms with Gasteiger partial charge in [0.15, 0.2) is 0 Å². The first-order chi connectivity index (χ1) is 12.7. The highest BCUT2D eigenvalue weighted by molar-refractivity contribution is 7.18. The van der Waals surface area contributed by atoms with E-state index in [2.05, 4.69) is 10.3 Å². The molecule has 1 aliphatic heterocycles. The van der Waals surface area contributed by atoms with Crippen molar-refractivity contribution < 1.29 is 4.79 Å². The number of halogens is 1. The van der Waals surface area contributed by atoms with Gasteiger partial charge in [0.2, 0.25) is 0 Å². The van der Waals surface area contributed by atoms with Crippen molar-refractivity contribution >= 4 is 39.2 Å². The molecule has 1 aromatic carbocycles. The molecular formula is C19H19ClN4OS. The van der Waals surface area contributed by atoms with Crippen LogP contribution in [0.3, 0.4) is 0 Å². The van der Waals surface area contributed by atoms with Gasteiger partial charge in [-0.25, -0.2) is 9.78 Å². The number of hydrogen-bond acceptors (Lipinski definition) is 4. The summed E-state index contributed by atoms with van der Waals surface area (Å²) in [4.78, 5) is 23.1. The normalized spacial score (nSPS) is 15.3. The minimum atomic E-state index is -0.0108. The monoisotopic (exact) mass is 386 g/mol. The molecule has 5 nitrogen and oxygen atoms in total. The number of carbonyl (C=O) groups is 1. The topological polar surface area (TPSA) is 58.1 Å². The molecule has 4 rings (SSSR count). The predicted octanol–water partition coefficient (Wildman–Crippen LogP) is 4.43. The van der Waals surface area contributed by atoms with Crippen molar-refractivity contribution in [1.29, 1.82) is 0 Å². The van der Waals surface area contributed by atoms with E-state index in [-0.39, 0.29) is 6.03 Å². The fraction of sp³-hybridized carbons (Fsp3) is 0.316. The third kappa shape index (κ3) is 3.81. The van der Waals surface area contributed by atoms with Crippen LogP contribution in [0.4, 0.5) is 4.79 Å². The molecule has 0 spiro atoms. The number of piperidine rings is 1. The van der Waals surface area contributed by atoms with Gasteiger partial charge in [0.1, 0.15) is 0 Å². The van der Waals surface area contributed by atoms with E-state index in [0.29, 0.717) is 12.5 Å². The number of likely N-dealkylation sites (tertiary alicyclic amines) is 1. The Hall–Kier alpha value is -2.18. The van der Waals surface area contributed by atoms with Crippen LogP contribution in [-0.2, 0) is 6.54 Å². The van der Waals surface area contributed by atoms with Crippen LogP contribution in [0.2, 0.25) is 5.02 Å². The number of nitrogens with zero attached hydrogens (tertiary/aromatic N) is 3. The molecule has 1 aliphatic rings. The summed E-state index contributed by atoms with van der Waals surface area (Å²) in [6, 6.07) is 9.67. The zero-order valence-electron chi connectivity index (χ0n) is 14.2. The number of thiazole rings is 1. The quantitative estimate of drug-likeness (QED) is 0.724. The number of pyridine rings is 1. The van der Waals surface area contributed by atoms with Crippen LogP contribution in [0.1, 0.15) is 29.3 Å². The van der Waals surface area contributed by atoms with Crippen LogP contribution in [0.25, 0.3) is 10.2 Å². The van der Waals surface area contributed by atoms with Crippen LogP contribution in [0, 0.1) is 0 Å². The molecule has 1 N–H and O–H groups in total. The summed E-state index contributed by atoms with van der Waals surface area (Å²) in [7, 11) is 0. The average Bonchev–Trinajstić information content (AvgIpc) is 3.10. The number of amides is 2. The van der Waals surface area contributed by atoms with E-state index in [0.717, 1.165) is 47.0 Å². The Morgan fingerprint density at radius 3 is 2.92 bits per heavy atom. The van der Waals surface area contributed by atoms with E-state index in [1.165, 1.54) is 4.70 Å². The van der Waals surface area contributed by atoms with Gasteiger partial charge in [0.25, 0.3) is 0 Å². The second-order valence-electron chi connectivity index (χ2n) is 6.45. The Balaban J connectivity index is 1.33. The number of benzene rings is 1. The largest absolute Gasteiger partial charge is 0.334 e. The Bertz CT molecular complexity index is 906. The molecule has 26 heavy (non-hydrogen) atoms. The fourth-order valence-corrected chi connectivity index (χ4v) is 4.50. The molecule has 2 aromatic heterocycles. The van der Waals surface area contributed by atoms with Gasteiger partial charge in [-0.05, 0) is 42.7 Å². The number of carbonyl (C=O) groups excluding carboxylic acids is 1. The Labute approximate surface area is 161 Å². The van der Waals surface area contributed by atoms with Gasteiger partial charge in [0.05, 0.1) is 15.2 Å². The molecule has 2 amide bonds. The summed E-state index contributed by atoms with van der Waals surface area (Å²) in [6.07, 6.45) is 5.37. The Morgan fingerprint density at radius 2 is 2.15 bits per heavy atom. The summed E-state index contributed by atoms with van der Waals surface area (Å²) in [5, 5.41) is 4.84. The maximum atomic E-state index is 12.4. The molecule has 0 radical (unpaired) electrons. The van der Waals surface area contributed by atoms with Crippen molar-refractivity contribution in [3.8, 4) is 0 Å². The standard InChI is InChI=1S/C19H19ClN4OS/c20-15-3-4-17-16(10-15)23-18(26-17)14-5-8-24(9-6-14)19(25)22-12-13-2-1-7-21-11-13/h1-4,7,10-11,14H,5-6,8-9,12H2,(H,22,25). The van der Waals surface area contributed by atoms with Crippen molar-refractivity contribution in [3.63, 3.8) is 0 Å². The lowest BCUT2D eigenvalue weighted by atomic mass is 9.98. The number of hydrogen-bond donors (Lipinski definition) is 1. The van der Waals surface area contributed by atoms with Crippen LogP contribution < -0.4 is 5.32 Å². The minimum Gasteiger partial charge on any atom is -0.334 e. The summed E-state index contributed by atoms with van der Waals surface area (Å²) in [6.45, 7) is 2.01. The van der Waals surface area contributed by atoms with Crippen molar-refractivity contribution in [2.45, 2.75) is 25.3 Å². The highest BCUT2D eigenvalue weighted by atomic mass is 35.5. The van der Waals surface area contributed by atoms with E-state index in [1.807, 2.05) is 35.2 Å². The molecule has 0 unspecified atom stereocenters. The first-order valence-corrected chi connectivity index (χ1v) is 9.86. The van der Waals surface area contributed by atoms with Gasteiger partial charge >= 0.3 is 6.03 Å². The molecule has 0 aliphatic carbocycles. The lowest BCUT2D eigenvalue weighted by molar-refractivity contribution is 0.181. The number of rotatable bonds is 3. The van der Waals surface area contributed by atoms with Crippen molar-refractivity contribution in [2.75, 3.05) is 13.1 Å². The van der Waals surface area contributed by atoms with E-state index in [4.69, 9.17) is 16.6 Å². The lowest BCUT2D eigenvalue weighted by Crippen LogP contribution is -2.43. The molecule has 1 saturated heterocycles. The molecule has 3 heterocycles. The van der Waals surface area contributed by atoms with Crippen molar-refractivity contribution in [2.24, 2.45) is 0 Å². The molecule has 7 heteroatoms. The zero-order chi connectivity index (χ0) is 17.9. The van der Waals surface area contributed by atoms with Gasteiger partial charge in [0, 0.05) is 43.0 Å². The lowest BCUT2D eigenvalue weighted by Gasteiger charge is -2.31. The smallest absolute Gasteiger partial charge is 0.317 e. The summed E-state index contributed by atoms with van der Waals surface area (Å²) < 4.78 is 1.17. The number of aromatic nitrogens is 2. The molecular weight excluding hydrogens is 368 g/mol. The van der Waals surface area contributed by atoms with Gasteiger partial charge in [-0.15, -0.1) is 11.3 Å². The summed E-state index contributed by atoms with van der Waals surface area (Å²) in [5.74, 6) is 0.411. The molecule has 1 fully saturated rings. The van der Waals surface area contributed by atoms with Gasteiger partial charge < -0.3 is 10.2 Å². The fourth-order valence-electron chi connectivity index (χ4n) is 3.21. The average molecular weight is 387 g/mol. The second kappa shape index (κ2) is 7.60. The highest BCUT2D eigenvalue weighted by Crippen LogP contribution is 2.34. The van der Waals surface area contributed by atoms with E-state index in [1.54, 1.807) is 23.7 Å². The molecule has 3 aromatic rings. The SMILES string of the molecule is O=C(NCc1cccnc1)N1CCC(c2nc3cc(Cl)ccc3s2)CC1. The van der Waals surface area contributed by atoms with E-state index in [9.17, 15) is 4.79 Å². The van der Waals surface area contributed by atoms with Crippen LogP contribution in [0.5, 0.6) is 0 Å². The Kier molecular flexibility index (Phi) is 5.04. The van der Waals surface area contributed by atoms with Crippen molar-refractivity contribution in [3.05, 3.63) is 58.3 Å².